The first kappa shape index (κ1) is 11.1. The van der Waals surface area contributed by atoms with Crippen molar-refractivity contribution in [3.63, 3.8) is 0 Å². The summed E-state index contributed by atoms with van der Waals surface area (Å²) in [5.74, 6) is 0.0891. The first-order chi connectivity index (χ1) is 7.72. The SMILES string of the molecule is CNC1CCCN(C(=O)c2cn[nH]c2C)C1. The molecule has 2 heterocycles. The maximum atomic E-state index is 12.2. The zero-order valence-electron chi connectivity index (χ0n) is 9.79. The lowest BCUT2D eigenvalue weighted by Gasteiger charge is -2.32. The number of carbonyl (C=O) groups excluding carboxylic acids is 1. The van der Waals surface area contributed by atoms with Gasteiger partial charge in [-0.15, -0.1) is 0 Å². The number of nitrogens with zero attached hydrogens (tertiary/aromatic N) is 2. The maximum Gasteiger partial charge on any atom is 0.257 e. The Balaban J connectivity index is 2.07. The molecule has 1 saturated heterocycles. The van der Waals surface area contributed by atoms with Crippen molar-refractivity contribution < 1.29 is 4.79 Å². The van der Waals surface area contributed by atoms with E-state index in [1.807, 2.05) is 18.9 Å². The van der Waals surface area contributed by atoms with Crippen LogP contribution in [0.5, 0.6) is 0 Å². The molecule has 16 heavy (non-hydrogen) atoms. The van der Waals surface area contributed by atoms with Gasteiger partial charge in [0.25, 0.3) is 5.91 Å². The minimum atomic E-state index is 0.0891. The second-order valence-corrected chi connectivity index (χ2v) is 4.29. The summed E-state index contributed by atoms with van der Waals surface area (Å²) in [7, 11) is 1.95. The molecule has 1 aromatic rings. The van der Waals surface area contributed by atoms with Crippen molar-refractivity contribution in [2.45, 2.75) is 25.8 Å². The topological polar surface area (TPSA) is 61.0 Å². The van der Waals surface area contributed by atoms with Gasteiger partial charge in [-0.3, -0.25) is 9.89 Å². The molecule has 0 aliphatic carbocycles. The van der Waals surface area contributed by atoms with Crippen molar-refractivity contribution in [1.29, 1.82) is 0 Å². The van der Waals surface area contributed by atoms with Crippen LogP contribution in [0.1, 0.15) is 28.9 Å². The second-order valence-electron chi connectivity index (χ2n) is 4.29. The number of likely N-dealkylation sites (tertiary alicyclic amines) is 1. The Bertz CT molecular complexity index is 374. The molecule has 0 bridgehead atoms. The lowest BCUT2D eigenvalue weighted by atomic mass is 10.0. The van der Waals surface area contributed by atoms with Gasteiger partial charge in [-0.05, 0) is 26.8 Å². The van der Waals surface area contributed by atoms with Gasteiger partial charge in [0.05, 0.1) is 11.8 Å². The van der Waals surface area contributed by atoms with E-state index in [1.165, 1.54) is 0 Å². The standard InChI is InChI=1S/C11H18N4O/c1-8-10(6-13-14-8)11(16)15-5-3-4-9(7-15)12-2/h6,9,12H,3-5,7H2,1-2H3,(H,13,14). The minimum absolute atomic E-state index is 0.0891. The summed E-state index contributed by atoms with van der Waals surface area (Å²) in [6.07, 6.45) is 3.82. The lowest BCUT2D eigenvalue weighted by Crippen LogP contribution is -2.47. The lowest BCUT2D eigenvalue weighted by molar-refractivity contribution is 0.0697. The van der Waals surface area contributed by atoms with E-state index in [1.54, 1.807) is 6.20 Å². The van der Waals surface area contributed by atoms with Gasteiger partial charge in [0.2, 0.25) is 0 Å². The van der Waals surface area contributed by atoms with Crippen LogP contribution in [-0.4, -0.2) is 47.2 Å². The molecule has 1 amide bonds. The van der Waals surface area contributed by atoms with E-state index in [4.69, 9.17) is 0 Å². The highest BCUT2D eigenvalue weighted by Crippen LogP contribution is 2.14. The number of carbonyl (C=O) groups is 1. The van der Waals surface area contributed by atoms with Crippen LogP contribution in [0.15, 0.2) is 6.20 Å². The number of aryl methyl sites for hydroxylation is 1. The zero-order valence-corrected chi connectivity index (χ0v) is 9.79. The summed E-state index contributed by atoms with van der Waals surface area (Å²) in [6.45, 7) is 3.52. The molecule has 1 atom stereocenters. The molecule has 1 fully saturated rings. The molecule has 88 valence electrons. The molecule has 0 radical (unpaired) electrons. The molecular weight excluding hydrogens is 204 g/mol. The van der Waals surface area contributed by atoms with Crippen molar-refractivity contribution in [2.75, 3.05) is 20.1 Å². The molecule has 0 spiro atoms. The Labute approximate surface area is 95.2 Å². The molecule has 2 rings (SSSR count). The van der Waals surface area contributed by atoms with Crippen LogP contribution >= 0.6 is 0 Å². The van der Waals surface area contributed by atoms with Crippen molar-refractivity contribution in [3.05, 3.63) is 17.5 Å². The predicted molar refractivity (Wildman–Crippen MR) is 61.3 cm³/mol. The Hall–Kier alpha value is -1.36. The quantitative estimate of drug-likeness (QED) is 0.768. The smallest absolute Gasteiger partial charge is 0.257 e. The molecule has 0 saturated carbocycles. The van der Waals surface area contributed by atoms with E-state index in [-0.39, 0.29) is 5.91 Å². The molecule has 1 aromatic heterocycles. The maximum absolute atomic E-state index is 12.2. The number of hydrogen-bond donors (Lipinski definition) is 2. The number of aromatic amines is 1. The normalized spacial score (nSPS) is 21.1. The number of piperidine rings is 1. The fraction of sp³-hybridized carbons (Fsp3) is 0.636. The summed E-state index contributed by atoms with van der Waals surface area (Å²) in [5, 5.41) is 9.92. The number of amides is 1. The molecule has 1 unspecified atom stereocenters. The van der Waals surface area contributed by atoms with E-state index in [2.05, 4.69) is 15.5 Å². The van der Waals surface area contributed by atoms with Crippen molar-refractivity contribution in [1.82, 2.24) is 20.4 Å². The summed E-state index contributed by atoms with van der Waals surface area (Å²) in [5.41, 5.74) is 1.54. The highest BCUT2D eigenvalue weighted by molar-refractivity contribution is 5.95. The molecule has 0 aromatic carbocycles. The van der Waals surface area contributed by atoms with Crippen molar-refractivity contribution in [2.24, 2.45) is 0 Å². The van der Waals surface area contributed by atoms with Crippen molar-refractivity contribution in [3.8, 4) is 0 Å². The molecule has 1 aliphatic heterocycles. The summed E-state index contributed by atoms with van der Waals surface area (Å²) < 4.78 is 0. The monoisotopic (exact) mass is 222 g/mol. The van der Waals surface area contributed by atoms with Gasteiger partial charge in [-0.2, -0.15) is 5.10 Å². The minimum Gasteiger partial charge on any atom is -0.337 e. The third-order valence-electron chi connectivity index (χ3n) is 3.18. The Morgan fingerprint density at radius 2 is 2.50 bits per heavy atom. The third kappa shape index (κ3) is 2.09. The number of rotatable bonds is 2. The Morgan fingerprint density at radius 3 is 3.12 bits per heavy atom. The van der Waals surface area contributed by atoms with Gasteiger partial charge in [0.15, 0.2) is 0 Å². The molecule has 5 heteroatoms. The first-order valence-corrected chi connectivity index (χ1v) is 5.69. The van der Waals surface area contributed by atoms with Crippen LogP contribution in [0, 0.1) is 6.92 Å². The number of aromatic nitrogens is 2. The van der Waals surface area contributed by atoms with Gasteiger partial charge in [0.1, 0.15) is 0 Å². The van der Waals surface area contributed by atoms with Crippen LogP contribution in [0.4, 0.5) is 0 Å². The highest BCUT2D eigenvalue weighted by atomic mass is 16.2. The summed E-state index contributed by atoms with van der Waals surface area (Å²) >= 11 is 0. The van der Waals surface area contributed by atoms with Gasteiger partial charge in [-0.1, -0.05) is 0 Å². The van der Waals surface area contributed by atoms with Crippen LogP contribution in [0.25, 0.3) is 0 Å². The number of H-pyrrole nitrogens is 1. The molecule has 2 N–H and O–H groups in total. The van der Waals surface area contributed by atoms with Crippen molar-refractivity contribution >= 4 is 5.91 Å². The largest absolute Gasteiger partial charge is 0.337 e. The van der Waals surface area contributed by atoms with E-state index in [0.29, 0.717) is 11.6 Å². The Kier molecular flexibility index (Phi) is 3.24. The van der Waals surface area contributed by atoms with Crippen LogP contribution < -0.4 is 5.32 Å². The van der Waals surface area contributed by atoms with E-state index >= 15 is 0 Å². The first-order valence-electron chi connectivity index (χ1n) is 5.69. The summed E-state index contributed by atoms with van der Waals surface area (Å²) in [6, 6.07) is 0.421. The number of nitrogens with one attached hydrogen (secondary N) is 2. The van der Waals surface area contributed by atoms with E-state index in [0.717, 1.165) is 31.6 Å². The number of hydrogen-bond acceptors (Lipinski definition) is 3. The molecular formula is C11H18N4O. The second kappa shape index (κ2) is 4.65. The summed E-state index contributed by atoms with van der Waals surface area (Å²) in [4.78, 5) is 14.1. The molecule has 1 aliphatic rings. The van der Waals surface area contributed by atoms with E-state index < -0.39 is 0 Å². The van der Waals surface area contributed by atoms with Gasteiger partial charge in [0, 0.05) is 24.8 Å². The average Bonchev–Trinajstić information content (AvgIpc) is 2.74. The zero-order chi connectivity index (χ0) is 11.5. The highest BCUT2D eigenvalue weighted by Gasteiger charge is 2.24. The fourth-order valence-electron chi connectivity index (χ4n) is 2.13. The van der Waals surface area contributed by atoms with Crippen LogP contribution in [0.3, 0.4) is 0 Å². The third-order valence-corrected chi connectivity index (χ3v) is 3.18. The Morgan fingerprint density at radius 1 is 1.69 bits per heavy atom. The van der Waals surface area contributed by atoms with Gasteiger partial charge < -0.3 is 10.2 Å². The predicted octanol–water partition coefficient (Wildman–Crippen LogP) is 0.542. The van der Waals surface area contributed by atoms with Crippen LogP contribution in [-0.2, 0) is 0 Å². The fourth-order valence-corrected chi connectivity index (χ4v) is 2.13. The number of likely N-dealkylation sites (N-methyl/N-ethyl adjacent to an activating group) is 1. The molecule has 5 nitrogen and oxygen atoms in total. The van der Waals surface area contributed by atoms with E-state index in [9.17, 15) is 4.79 Å². The average molecular weight is 222 g/mol. The van der Waals surface area contributed by atoms with Crippen LogP contribution in [0.2, 0.25) is 0 Å². The van der Waals surface area contributed by atoms with Gasteiger partial charge >= 0.3 is 0 Å². The van der Waals surface area contributed by atoms with Gasteiger partial charge in [-0.25, -0.2) is 0 Å².